The summed E-state index contributed by atoms with van der Waals surface area (Å²) in [5.41, 5.74) is -0.799. The molecule has 3 atom stereocenters. The van der Waals surface area contributed by atoms with Crippen molar-refractivity contribution < 1.29 is 22.7 Å². The van der Waals surface area contributed by atoms with Crippen LogP contribution in [-0.2, 0) is 11.0 Å². The van der Waals surface area contributed by atoms with Crippen LogP contribution in [0.3, 0.4) is 0 Å². The van der Waals surface area contributed by atoms with Crippen molar-refractivity contribution in [1.82, 2.24) is 10.6 Å². The highest BCUT2D eigenvalue weighted by atomic mass is 35.5. The van der Waals surface area contributed by atoms with Gasteiger partial charge in [-0.05, 0) is 44.9 Å². The zero-order valence-corrected chi connectivity index (χ0v) is 15.8. The Morgan fingerprint density at radius 2 is 2.08 bits per heavy atom. The summed E-state index contributed by atoms with van der Waals surface area (Å²) in [4.78, 5) is 12.3. The number of para-hydroxylation sites is 1. The quantitative estimate of drug-likeness (QED) is 0.771. The fourth-order valence-electron chi connectivity index (χ4n) is 2.98. The first-order valence-corrected chi connectivity index (χ1v) is 8.65. The molecule has 2 rings (SSSR count). The molecule has 1 fully saturated rings. The third kappa shape index (κ3) is 6.36. The van der Waals surface area contributed by atoms with E-state index in [9.17, 15) is 18.0 Å². The second-order valence-corrected chi connectivity index (χ2v) is 6.46. The lowest BCUT2D eigenvalue weighted by molar-refractivity contribution is -0.139. The number of carbonyl (C=O) groups is 1. The van der Waals surface area contributed by atoms with Crippen LogP contribution in [0.5, 0.6) is 5.75 Å². The van der Waals surface area contributed by atoms with Gasteiger partial charge in [-0.2, -0.15) is 13.2 Å². The second-order valence-electron chi connectivity index (χ2n) is 6.46. The molecule has 0 saturated carbocycles. The number of carbonyl (C=O) groups excluding carboxylic acids is 1. The lowest BCUT2D eigenvalue weighted by Gasteiger charge is -2.28. The van der Waals surface area contributed by atoms with Gasteiger partial charge < -0.3 is 15.4 Å². The van der Waals surface area contributed by atoms with Gasteiger partial charge in [-0.25, -0.2) is 0 Å². The smallest absolute Gasteiger partial charge is 0.419 e. The van der Waals surface area contributed by atoms with Crippen molar-refractivity contribution in [2.75, 3.05) is 13.1 Å². The topological polar surface area (TPSA) is 50.4 Å². The summed E-state index contributed by atoms with van der Waals surface area (Å²) >= 11 is 0. The number of benzene rings is 1. The fourth-order valence-corrected chi connectivity index (χ4v) is 2.98. The fraction of sp³-hybridized carbons (Fsp3) is 0.611. The van der Waals surface area contributed by atoms with Crippen LogP contribution in [0.4, 0.5) is 13.2 Å². The third-order valence-electron chi connectivity index (χ3n) is 4.44. The highest BCUT2D eigenvalue weighted by molar-refractivity contribution is 5.85. The first kappa shape index (κ1) is 22.6. The minimum Gasteiger partial charge on any atom is -0.488 e. The lowest BCUT2D eigenvalue weighted by Crippen LogP contribution is -2.44. The Morgan fingerprint density at radius 1 is 1.38 bits per heavy atom. The van der Waals surface area contributed by atoms with E-state index in [0.29, 0.717) is 12.5 Å². The number of ether oxygens (including phenoxy) is 1. The molecule has 148 valence electrons. The summed E-state index contributed by atoms with van der Waals surface area (Å²) in [6, 6.07) is 5.43. The van der Waals surface area contributed by atoms with Gasteiger partial charge in [0.25, 0.3) is 0 Å². The minimum atomic E-state index is -4.47. The second kappa shape index (κ2) is 10.0. The maximum Gasteiger partial charge on any atom is 0.419 e. The third-order valence-corrected chi connectivity index (χ3v) is 4.44. The maximum atomic E-state index is 13.0. The predicted octanol–water partition coefficient (Wildman–Crippen LogP) is 3.79. The van der Waals surface area contributed by atoms with Crippen molar-refractivity contribution in [2.45, 2.75) is 51.4 Å². The van der Waals surface area contributed by atoms with Crippen LogP contribution >= 0.6 is 12.4 Å². The molecule has 0 spiro atoms. The predicted molar refractivity (Wildman–Crippen MR) is 96.6 cm³/mol. The van der Waals surface area contributed by atoms with Gasteiger partial charge in [0, 0.05) is 12.0 Å². The SMILES string of the molecule is CCC(CNC(=O)[C@H]1CCN[C@@H](C)C1)Oc1ccccc1C(F)(F)F.Cl. The molecule has 1 aliphatic heterocycles. The van der Waals surface area contributed by atoms with Crippen LogP contribution in [-0.4, -0.2) is 31.1 Å². The minimum absolute atomic E-state index is 0. The molecule has 1 aromatic carbocycles. The molecule has 2 N–H and O–H groups in total. The van der Waals surface area contributed by atoms with Gasteiger partial charge in [-0.3, -0.25) is 4.79 Å². The molecule has 1 saturated heterocycles. The summed E-state index contributed by atoms with van der Waals surface area (Å²) in [5.74, 6) is -0.317. The van der Waals surface area contributed by atoms with Crippen LogP contribution in [0.1, 0.15) is 38.7 Å². The molecule has 26 heavy (non-hydrogen) atoms. The summed E-state index contributed by atoms with van der Waals surface area (Å²) in [7, 11) is 0. The average molecular weight is 395 g/mol. The zero-order valence-electron chi connectivity index (χ0n) is 14.9. The summed E-state index contributed by atoms with van der Waals surface area (Å²) < 4.78 is 44.7. The molecule has 0 aliphatic carbocycles. The normalized spacial score (nSPS) is 21.4. The molecule has 0 radical (unpaired) electrons. The Morgan fingerprint density at radius 3 is 2.69 bits per heavy atom. The highest BCUT2D eigenvalue weighted by Crippen LogP contribution is 2.36. The van der Waals surface area contributed by atoms with E-state index in [2.05, 4.69) is 10.6 Å². The van der Waals surface area contributed by atoms with Gasteiger partial charge in [-0.1, -0.05) is 19.1 Å². The van der Waals surface area contributed by atoms with Crippen LogP contribution in [0, 0.1) is 5.92 Å². The number of nitrogens with one attached hydrogen (secondary N) is 2. The number of halogens is 4. The Kier molecular flexibility index (Phi) is 8.70. The van der Waals surface area contributed by atoms with E-state index in [-0.39, 0.29) is 36.5 Å². The molecular formula is C18H26ClF3N2O2. The molecule has 1 aromatic rings. The molecule has 1 heterocycles. The van der Waals surface area contributed by atoms with E-state index >= 15 is 0 Å². The van der Waals surface area contributed by atoms with E-state index in [1.54, 1.807) is 0 Å². The van der Waals surface area contributed by atoms with Gasteiger partial charge in [0.05, 0.1) is 12.1 Å². The van der Waals surface area contributed by atoms with E-state index in [0.717, 1.165) is 25.5 Å². The van der Waals surface area contributed by atoms with Gasteiger partial charge in [0.2, 0.25) is 5.91 Å². The monoisotopic (exact) mass is 394 g/mol. The number of amides is 1. The van der Waals surface area contributed by atoms with Crippen molar-refractivity contribution in [3.05, 3.63) is 29.8 Å². The molecule has 8 heteroatoms. The zero-order chi connectivity index (χ0) is 18.4. The van der Waals surface area contributed by atoms with Crippen molar-refractivity contribution in [3.8, 4) is 5.75 Å². The van der Waals surface area contributed by atoms with Gasteiger partial charge >= 0.3 is 6.18 Å². The van der Waals surface area contributed by atoms with Crippen LogP contribution in [0.15, 0.2) is 24.3 Å². The number of piperidine rings is 1. The van der Waals surface area contributed by atoms with Gasteiger partial charge in [0.1, 0.15) is 11.9 Å². The summed E-state index contributed by atoms with van der Waals surface area (Å²) in [5, 5.41) is 6.11. The first-order chi connectivity index (χ1) is 11.8. The molecule has 1 amide bonds. The number of hydrogen-bond donors (Lipinski definition) is 2. The van der Waals surface area contributed by atoms with Crippen molar-refractivity contribution in [1.29, 1.82) is 0 Å². The summed E-state index contributed by atoms with van der Waals surface area (Å²) in [6.07, 6.45) is -2.95. The largest absolute Gasteiger partial charge is 0.488 e. The van der Waals surface area contributed by atoms with E-state index in [1.165, 1.54) is 18.2 Å². The molecule has 0 bridgehead atoms. The Hall–Kier alpha value is -1.47. The highest BCUT2D eigenvalue weighted by Gasteiger charge is 2.34. The number of rotatable bonds is 6. The molecular weight excluding hydrogens is 369 g/mol. The van der Waals surface area contributed by atoms with Crippen LogP contribution in [0.2, 0.25) is 0 Å². The standard InChI is InChI=1S/C18H25F3N2O2.ClH/c1-3-14(11-23-17(24)13-8-9-22-12(2)10-13)25-16-7-5-4-6-15(16)18(19,20)21;/h4-7,12-14,22H,3,8-11H2,1-2H3,(H,23,24);1H/t12-,13-,14?;/m0./s1. The molecule has 0 aromatic heterocycles. The van der Waals surface area contributed by atoms with Crippen molar-refractivity contribution in [3.63, 3.8) is 0 Å². The molecule has 4 nitrogen and oxygen atoms in total. The average Bonchev–Trinajstić information content (AvgIpc) is 2.57. The summed E-state index contributed by atoms with van der Waals surface area (Å²) in [6.45, 7) is 4.84. The molecule has 1 unspecified atom stereocenters. The van der Waals surface area contributed by atoms with Crippen molar-refractivity contribution in [2.24, 2.45) is 5.92 Å². The van der Waals surface area contributed by atoms with E-state index in [1.807, 2.05) is 13.8 Å². The lowest BCUT2D eigenvalue weighted by atomic mass is 9.92. The Labute approximate surface area is 158 Å². The van der Waals surface area contributed by atoms with Gasteiger partial charge in [-0.15, -0.1) is 12.4 Å². The van der Waals surface area contributed by atoms with Crippen LogP contribution in [0.25, 0.3) is 0 Å². The number of alkyl halides is 3. The Bertz CT molecular complexity index is 584. The molecule has 1 aliphatic rings. The number of hydrogen-bond acceptors (Lipinski definition) is 3. The first-order valence-electron chi connectivity index (χ1n) is 8.65. The maximum absolute atomic E-state index is 13.0. The van der Waals surface area contributed by atoms with Crippen LogP contribution < -0.4 is 15.4 Å². The van der Waals surface area contributed by atoms with Gasteiger partial charge in [0.15, 0.2) is 0 Å². The van der Waals surface area contributed by atoms with E-state index < -0.39 is 17.8 Å². The van der Waals surface area contributed by atoms with E-state index in [4.69, 9.17) is 4.74 Å². The van der Waals surface area contributed by atoms with Crippen molar-refractivity contribution >= 4 is 18.3 Å². The Balaban J connectivity index is 0.00000338.